The third kappa shape index (κ3) is 5.75. The first-order valence-electron chi connectivity index (χ1n) is 7.79. The van der Waals surface area contributed by atoms with Crippen LogP contribution in [0.2, 0.25) is 0 Å². The SMILES string of the molecule is CC(=O)NCCCNC(=O)CN1C(=O)S/C(=C/c2ccccc2)C1=O. The highest BCUT2D eigenvalue weighted by Crippen LogP contribution is 2.31. The standard InChI is InChI=1S/C17H19N3O4S/c1-12(21)18-8-5-9-19-15(22)11-20-16(23)14(25-17(20)24)10-13-6-3-2-4-7-13/h2-4,6-7,10H,5,8-9,11H2,1H3,(H,18,21)(H,19,22)/b14-10+. The van der Waals surface area contributed by atoms with Gasteiger partial charge in [-0.1, -0.05) is 30.3 Å². The summed E-state index contributed by atoms with van der Waals surface area (Å²) >= 11 is 0.825. The van der Waals surface area contributed by atoms with Crippen molar-refractivity contribution >= 4 is 40.8 Å². The number of benzene rings is 1. The Balaban J connectivity index is 1.85. The maximum Gasteiger partial charge on any atom is 0.294 e. The highest BCUT2D eigenvalue weighted by Gasteiger charge is 2.36. The van der Waals surface area contributed by atoms with Gasteiger partial charge < -0.3 is 10.6 Å². The van der Waals surface area contributed by atoms with Crippen molar-refractivity contribution in [3.8, 4) is 0 Å². The minimum Gasteiger partial charge on any atom is -0.356 e. The zero-order chi connectivity index (χ0) is 18.2. The van der Waals surface area contributed by atoms with Gasteiger partial charge in [0.1, 0.15) is 6.54 Å². The minimum atomic E-state index is -0.466. The number of imide groups is 1. The van der Waals surface area contributed by atoms with Crippen molar-refractivity contribution in [2.45, 2.75) is 13.3 Å². The van der Waals surface area contributed by atoms with E-state index in [9.17, 15) is 19.2 Å². The van der Waals surface area contributed by atoms with E-state index in [0.29, 0.717) is 24.4 Å². The summed E-state index contributed by atoms with van der Waals surface area (Å²) in [4.78, 5) is 48.1. The number of hydrogen-bond donors (Lipinski definition) is 2. The van der Waals surface area contributed by atoms with E-state index in [2.05, 4.69) is 10.6 Å². The molecule has 132 valence electrons. The van der Waals surface area contributed by atoms with Gasteiger partial charge in [-0.2, -0.15) is 0 Å². The molecule has 0 atom stereocenters. The van der Waals surface area contributed by atoms with E-state index in [1.54, 1.807) is 6.08 Å². The lowest BCUT2D eigenvalue weighted by Crippen LogP contribution is -2.40. The lowest BCUT2D eigenvalue weighted by molar-refractivity contribution is -0.129. The van der Waals surface area contributed by atoms with Gasteiger partial charge in [-0.05, 0) is 29.8 Å². The van der Waals surface area contributed by atoms with Crippen LogP contribution in [0, 0.1) is 0 Å². The van der Waals surface area contributed by atoms with E-state index in [1.165, 1.54) is 6.92 Å². The Labute approximate surface area is 149 Å². The van der Waals surface area contributed by atoms with Crippen LogP contribution in [0.15, 0.2) is 35.2 Å². The van der Waals surface area contributed by atoms with Crippen LogP contribution in [-0.4, -0.2) is 47.5 Å². The number of nitrogens with one attached hydrogen (secondary N) is 2. The van der Waals surface area contributed by atoms with E-state index in [0.717, 1.165) is 22.2 Å². The molecule has 0 bridgehead atoms. The third-order valence-electron chi connectivity index (χ3n) is 3.32. The van der Waals surface area contributed by atoms with Gasteiger partial charge in [0, 0.05) is 20.0 Å². The van der Waals surface area contributed by atoms with Gasteiger partial charge >= 0.3 is 0 Å². The quantitative estimate of drug-likeness (QED) is 0.565. The van der Waals surface area contributed by atoms with Crippen molar-refractivity contribution in [3.63, 3.8) is 0 Å². The van der Waals surface area contributed by atoms with E-state index >= 15 is 0 Å². The number of rotatable bonds is 7. The summed E-state index contributed by atoms with van der Waals surface area (Å²) in [5.74, 6) is -1.01. The zero-order valence-corrected chi connectivity index (χ0v) is 14.6. The molecule has 7 nitrogen and oxygen atoms in total. The average Bonchev–Trinajstić information content (AvgIpc) is 2.83. The Morgan fingerprint density at radius 2 is 1.80 bits per heavy atom. The second-order valence-corrected chi connectivity index (χ2v) is 6.36. The van der Waals surface area contributed by atoms with Crippen LogP contribution in [-0.2, 0) is 14.4 Å². The highest BCUT2D eigenvalue weighted by atomic mass is 32.2. The molecule has 2 N–H and O–H groups in total. The first kappa shape index (κ1) is 18.7. The Morgan fingerprint density at radius 1 is 1.12 bits per heavy atom. The Bertz CT molecular complexity index is 703. The van der Waals surface area contributed by atoms with Crippen molar-refractivity contribution in [2.24, 2.45) is 0 Å². The summed E-state index contributed by atoms with van der Waals surface area (Å²) in [5, 5.41) is 4.78. The summed E-state index contributed by atoms with van der Waals surface area (Å²) in [6, 6.07) is 9.19. The lowest BCUT2D eigenvalue weighted by Gasteiger charge is -2.12. The summed E-state index contributed by atoms with van der Waals surface area (Å²) in [7, 11) is 0. The Kier molecular flexibility index (Phi) is 6.76. The van der Waals surface area contributed by atoms with E-state index < -0.39 is 17.1 Å². The molecule has 0 radical (unpaired) electrons. The van der Waals surface area contributed by atoms with E-state index in [-0.39, 0.29) is 12.5 Å². The first-order valence-corrected chi connectivity index (χ1v) is 8.60. The maximum atomic E-state index is 12.3. The summed E-state index contributed by atoms with van der Waals surface area (Å²) in [5.41, 5.74) is 0.815. The molecule has 8 heteroatoms. The molecule has 0 saturated carbocycles. The molecule has 0 aromatic heterocycles. The van der Waals surface area contributed by atoms with E-state index in [1.807, 2.05) is 30.3 Å². The van der Waals surface area contributed by atoms with Crippen molar-refractivity contribution in [2.75, 3.05) is 19.6 Å². The van der Waals surface area contributed by atoms with Gasteiger partial charge in [0.2, 0.25) is 11.8 Å². The largest absolute Gasteiger partial charge is 0.356 e. The van der Waals surface area contributed by atoms with Gasteiger partial charge in [-0.3, -0.25) is 24.1 Å². The normalized spacial score (nSPS) is 15.6. The zero-order valence-electron chi connectivity index (χ0n) is 13.8. The molecule has 1 aromatic carbocycles. The molecular weight excluding hydrogens is 342 g/mol. The fourth-order valence-electron chi connectivity index (χ4n) is 2.12. The van der Waals surface area contributed by atoms with Crippen LogP contribution >= 0.6 is 11.8 Å². The van der Waals surface area contributed by atoms with Crippen molar-refractivity contribution in [1.82, 2.24) is 15.5 Å². The van der Waals surface area contributed by atoms with Gasteiger partial charge in [-0.15, -0.1) is 0 Å². The average molecular weight is 361 g/mol. The van der Waals surface area contributed by atoms with Gasteiger partial charge in [0.25, 0.3) is 11.1 Å². The van der Waals surface area contributed by atoms with Crippen LogP contribution in [0.1, 0.15) is 18.9 Å². The van der Waals surface area contributed by atoms with E-state index in [4.69, 9.17) is 0 Å². The Morgan fingerprint density at radius 3 is 2.48 bits per heavy atom. The molecule has 4 amide bonds. The minimum absolute atomic E-state index is 0.130. The summed E-state index contributed by atoms with van der Waals surface area (Å²) in [6.45, 7) is 1.92. The number of amides is 4. The number of nitrogens with zero attached hydrogens (tertiary/aromatic N) is 1. The van der Waals surface area contributed by atoms with Crippen LogP contribution in [0.25, 0.3) is 6.08 Å². The third-order valence-corrected chi connectivity index (χ3v) is 4.23. The van der Waals surface area contributed by atoms with Crippen LogP contribution in [0.3, 0.4) is 0 Å². The molecule has 2 rings (SSSR count). The molecule has 1 aliphatic heterocycles. The molecule has 1 aromatic rings. The second-order valence-electron chi connectivity index (χ2n) is 5.37. The molecule has 0 unspecified atom stereocenters. The molecule has 25 heavy (non-hydrogen) atoms. The predicted octanol–water partition coefficient (Wildman–Crippen LogP) is 1.37. The number of carbonyl (C=O) groups is 4. The summed E-state index contributed by atoms with van der Waals surface area (Å²) < 4.78 is 0. The maximum absolute atomic E-state index is 12.3. The monoisotopic (exact) mass is 361 g/mol. The number of thioether (sulfide) groups is 1. The molecule has 1 aliphatic rings. The second kappa shape index (κ2) is 9.03. The summed E-state index contributed by atoms with van der Waals surface area (Å²) in [6.07, 6.45) is 2.21. The molecule has 1 fully saturated rings. The fraction of sp³-hybridized carbons (Fsp3) is 0.294. The molecule has 0 spiro atoms. The van der Waals surface area contributed by atoms with Gasteiger partial charge in [-0.25, -0.2) is 0 Å². The van der Waals surface area contributed by atoms with Crippen LogP contribution < -0.4 is 10.6 Å². The van der Waals surface area contributed by atoms with Gasteiger partial charge in [0.05, 0.1) is 4.91 Å². The fourth-order valence-corrected chi connectivity index (χ4v) is 2.96. The lowest BCUT2D eigenvalue weighted by atomic mass is 10.2. The van der Waals surface area contributed by atoms with Gasteiger partial charge in [0.15, 0.2) is 0 Å². The number of hydrogen-bond acceptors (Lipinski definition) is 5. The van der Waals surface area contributed by atoms with Crippen LogP contribution in [0.4, 0.5) is 4.79 Å². The Hall–Kier alpha value is -2.61. The molecule has 1 saturated heterocycles. The molecule has 1 heterocycles. The van der Waals surface area contributed by atoms with Crippen molar-refractivity contribution in [3.05, 3.63) is 40.8 Å². The topological polar surface area (TPSA) is 95.6 Å². The predicted molar refractivity (Wildman–Crippen MR) is 95.4 cm³/mol. The highest BCUT2D eigenvalue weighted by molar-refractivity contribution is 8.18. The molecular formula is C17H19N3O4S. The van der Waals surface area contributed by atoms with Crippen molar-refractivity contribution < 1.29 is 19.2 Å². The smallest absolute Gasteiger partial charge is 0.294 e. The molecule has 0 aliphatic carbocycles. The number of carbonyl (C=O) groups excluding carboxylic acids is 4. The first-order chi connectivity index (χ1) is 12.0. The van der Waals surface area contributed by atoms with Crippen molar-refractivity contribution in [1.29, 1.82) is 0 Å². The van der Waals surface area contributed by atoms with Crippen LogP contribution in [0.5, 0.6) is 0 Å².